The number of nitrogens with zero attached hydrogens (tertiary/aromatic N) is 1. The van der Waals surface area contributed by atoms with Gasteiger partial charge in [0, 0.05) is 18.4 Å². The minimum atomic E-state index is -0.0862. The van der Waals surface area contributed by atoms with E-state index in [0.29, 0.717) is 16.6 Å². The Morgan fingerprint density at radius 2 is 2.12 bits per heavy atom. The highest BCUT2D eigenvalue weighted by molar-refractivity contribution is 6.33. The fourth-order valence-corrected chi connectivity index (χ4v) is 2.43. The van der Waals surface area contributed by atoms with E-state index in [-0.39, 0.29) is 5.91 Å². The van der Waals surface area contributed by atoms with Crippen molar-refractivity contribution >= 4 is 17.5 Å². The molecule has 0 radical (unpaired) electrons. The first kappa shape index (κ1) is 12.4. The summed E-state index contributed by atoms with van der Waals surface area (Å²) < 4.78 is 0. The first-order chi connectivity index (χ1) is 8.16. The summed E-state index contributed by atoms with van der Waals surface area (Å²) >= 11 is 5.94. The molecule has 0 spiro atoms. The van der Waals surface area contributed by atoms with Gasteiger partial charge in [0.05, 0.1) is 10.6 Å². The molecule has 0 atom stereocenters. The van der Waals surface area contributed by atoms with Crippen molar-refractivity contribution < 1.29 is 4.79 Å². The maximum absolute atomic E-state index is 12.0. The molecule has 2 rings (SSSR count). The molecule has 17 heavy (non-hydrogen) atoms. The van der Waals surface area contributed by atoms with Crippen molar-refractivity contribution in [3.05, 3.63) is 29.0 Å². The van der Waals surface area contributed by atoms with Gasteiger partial charge in [-0.15, -0.1) is 0 Å². The molecule has 1 aliphatic rings. The van der Waals surface area contributed by atoms with E-state index in [0.717, 1.165) is 18.8 Å². The van der Waals surface area contributed by atoms with Gasteiger partial charge in [0.1, 0.15) is 0 Å². The lowest BCUT2D eigenvalue weighted by Gasteiger charge is -2.26. The minimum Gasteiger partial charge on any atom is -0.349 e. The Hall–Kier alpha value is -1.09. The van der Waals surface area contributed by atoms with Crippen LogP contribution in [0.25, 0.3) is 0 Å². The molecule has 1 aromatic heterocycles. The van der Waals surface area contributed by atoms with E-state index >= 15 is 0 Å². The summed E-state index contributed by atoms with van der Waals surface area (Å²) in [5.74, 6) is 0.699. The van der Waals surface area contributed by atoms with Gasteiger partial charge in [-0.25, -0.2) is 0 Å². The summed E-state index contributed by atoms with van der Waals surface area (Å²) in [5, 5.41) is 3.46. The molecule has 3 nitrogen and oxygen atoms in total. The Labute approximate surface area is 107 Å². The number of hydrogen-bond donors (Lipinski definition) is 1. The number of carbonyl (C=O) groups excluding carboxylic acids is 1. The molecule has 1 fully saturated rings. The number of rotatable bonds is 2. The second kappa shape index (κ2) is 5.50. The Kier molecular flexibility index (Phi) is 4.00. The summed E-state index contributed by atoms with van der Waals surface area (Å²) in [7, 11) is 0. The zero-order chi connectivity index (χ0) is 12.3. The first-order valence-electron chi connectivity index (χ1n) is 6.07. The number of amides is 1. The third-order valence-corrected chi connectivity index (χ3v) is 3.67. The van der Waals surface area contributed by atoms with Crippen LogP contribution < -0.4 is 5.32 Å². The number of halogens is 1. The quantitative estimate of drug-likeness (QED) is 0.879. The largest absolute Gasteiger partial charge is 0.349 e. The van der Waals surface area contributed by atoms with Gasteiger partial charge in [0.2, 0.25) is 0 Å². The summed E-state index contributed by atoms with van der Waals surface area (Å²) in [5.41, 5.74) is 0.514. The molecule has 1 amide bonds. The second-order valence-corrected chi connectivity index (χ2v) is 5.19. The van der Waals surface area contributed by atoms with Crippen LogP contribution in [0.5, 0.6) is 0 Å². The number of hydrogen-bond acceptors (Lipinski definition) is 2. The molecule has 1 N–H and O–H groups in total. The van der Waals surface area contributed by atoms with Crippen molar-refractivity contribution in [2.24, 2.45) is 5.92 Å². The third kappa shape index (κ3) is 3.19. The van der Waals surface area contributed by atoms with Gasteiger partial charge in [-0.05, 0) is 37.7 Å². The van der Waals surface area contributed by atoms with Crippen molar-refractivity contribution in [3.8, 4) is 0 Å². The monoisotopic (exact) mass is 252 g/mol. The third-order valence-electron chi connectivity index (χ3n) is 3.37. The molecule has 0 aromatic carbocycles. The van der Waals surface area contributed by atoms with Gasteiger partial charge >= 0.3 is 0 Å². The van der Waals surface area contributed by atoms with Crippen LogP contribution in [0.15, 0.2) is 18.5 Å². The van der Waals surface area contributed by atoms with Crippen molar-refractivity contribution in [3.63, 3.8) is 0 Å². The molecule has 0 unspecified atom stereocenters. The lowest BCUT2D eigenvalue weighted by molar-refractivity contribution is 0.0923. The predicted molar refractivity (Wildman–Crippen MR) is 68.1 cm³/mol. The summed E-state index contributed by atoms with van der Waals surface area (Å²) in [6.45, 7) is 2.26. The molecule has 0 bridgehead atoms. The second-order valence-electron chi connectivity index (χ2n) is 4.79. The number of carbonyl (C=O) groups is 1. The fourth-order valence-electron chi connectivity index (χ4n) is 2.23. The molecule has 1 saturated carbocycles. The van der Waals surface area contributed by atoms with Crippen LogP contribution in [-0.4, -0.2) is 16.9 Å². The highest BCUT2D eigenvalue weighted by Crippen LogP contribution is 2.24. The number of nitrogens with one attached hydrogen (secondary N) is 1. The van der Waals surface area contributed by atoms with Crippen molar-refractivity contribution in [2.45, 2.75) is 38.6 Å². The van der Waals surface area contributed by atoms with E-state index in [1.54, 1.807) is 12.3 Å². The minimum absolute atomic E-state index is 0.0862. The average Bonchev–Trinajstić information content (AvgIpc) is 2.32. The van der Waals surface area contributed by atoms with Crippen LogP contribution in [0.3, 0.4) is 0 Å². The Balaban J connectivity index is 1.96. The summed E-state index contributed by atoms with van der Waals surface area (Å²) in [6.07, 6.45) is 7.60. The molecule has 1 heterocycles. The van der Waals surface area contributed by atoms with Crippen molar-refractivity contribution in [2.75, 3.05) is 0 Å². The lowest BCUT2D eigenvalue weighted by Crippen LogP contribution is -2.37. The Morgan fingerprint density at radius 1 is 1.41 bits per heavy atom. The molecule has 4 heteroatoms. The normalized spacial score (nSPS) is 24.4. The van der Waals surface area contributed by atoms with Gasteiger partial charge in [0.15, 0.2) is 0 Å². The average molecular weight is 253 g/mol. The molecule has 92 valence electrons. The van der Waals surface area contributed by atoms with Crippen LogP contribution in [0, 0.1) is 5.92 Å². The van der Waals surface area contributed by atoms with E-state index in [9.17, 15) is 4.79 Å². The smallest absolute Gasteiger partial charge is 0.253 e. The molecule has 0 saturated heterocycles. The van der Waals surface area contributed by atoms with E-state index < -0.39 is 0 Å². The summed E-state index contributed by atoms with van der Waals surface area (Å²) in [6, 6.07) is 1.95. The molecular weight excluding hydrogens is 236 g/mol. The summed E-state index contributed by atoms with van der Waals surface area (Å²) in [4.78, 5) is 15.9. The van der Waals surface area contributed by atoms with Gasteiger partial charge < -0.3 is 5.32 Å². The highest BCUT2D eigenvalue weighted by Gasteiger charge is 2.21. The zero-order valence-corrected chi connectivity index (χ0v) is 10.7. The van der Waals surface area contributed by atoms with E-state index in [1.165, 1.54) is 19.0 Å². The van der Waals surface area contributed by atoms with Crippen LogP contribution in [0.2, 0.25) is 5.02 Å². The maximum Gasteiger partial charge on any atom is 0.253 e. The topological polar surface area (TPSA) is 42.0 Å². The van der Waals surface area contributed by atoms with Crippen LogP contribution in [-0.2, 0) is 0 Å². The van der Waals surface area contributed by atoms with Crippen molar-refractivity contribution in [1.29, 1.82) is 0 Å². The molecular formula is C13H17ClN2O. The van der Waals surface area contributed by atoms with E-state index in [1.807, 2.05) is 0 Å². The first-order valence-corrected chi connectivity index (χ1v) is 6.45. The Bertz CT molecular complexity index is 400. The zero-order valence-electron chi connectivity index (χ0n) is 9.95. The van der Waals surface area contributed by atoms with Gasteiger partial charge in [0.25, 0.3) is 5.91 Å². The molecule has 1 aromatic rings. The number of aromatic nitrogens is 1. The number of pyridine rings is 1. The standard InChI is InChI=1S/C13H17ClN2O/c1-9-2-4-10(5-3-9)16-13(17)11-6-7-15-8-12(11)14/h6-10H,2-5H2,1H3,(H,16,17). The van der Waals surface area contributed by atoms with Crippen molar-refractivity contribution in [1.82, 2.24) is 10.3 Å². The SMILES string of the molecule is CC1CCC(NC(=O)c2ccncc2Cl)CC1. The van der Waals surface area contributed by atoms with E-state index in [4.69, 9.17) is 11.6 Å². The van der Waals surface area contributed by atoms with Crippen LogP contribution in [0.1, 0.15) is 43.0 Å². The Morgan fingerprint density at radius 3 is 2.76 bits per heavy atom. The predicted octanol–water partition coefficient (Wildman–Crippen LogP) is 3.04. The fraction of sp³-hybridized carbons (Fsp3) is 0.538. The van der Waals surface area contributed by atoms with Gasteiger partial charge in [-0.3, -0.25) is 9.78 Å². The van der Waals surface area contributed by atoms with Gasteiger partial charge in [-0.1, -0.05) is 18.5 Å². The lowest BCUT2D eigenvalue weighted by atomic mass is 9.87. The maximum atomic E-state index is 12.0. The molecule has 1 aliphatic carbocycles. The van der Waals surface area contributed by atoms with Crippen LogP contribution in [0.4, 0.5) is 0 Å². The van der Waals surface area contributed by atoms with Crippen LogP contribution >= 0.6 is 11.6 Å². The highest BCUT2D eigenvalue weighted by atomic mass is 35.5. The molecule has 0 aliphatic heterocycles. The van der Waals surface area contributed by atoms with E-state index in [2.05, 4.69) is 17.2 Å². The van der Waals surface area contributed by atoms with Gasteiger partial charge in [-0.2, -0.15) is 0 Å².